The molecule has 0 aliphatic heterocycles. The van der Waals surface area contributed by atoms with Gasteiger partial charge in [-0.3, -0.25) is 0 Å². The summed E-state index contributed by atoms with van der Waals surface area (Å²) in [4.78, 5) is 0. The van der Waals surface area contributed by atoms with Crippen molar-refractivity contribution in [2.75, 3.05) is 0 Å². The van der Waals surface area contributed by atoms with Crippen molar-refractivity contribution in [2.24, 2.45) is 0 Å². The van der Waals surface area contributed by atoms with Gasteiger partial charge in [-0.1, -0.05) is 69.9 Å². The number of hydrogen-bond acceptors (Lipinski definition) is 4. The molecule has 0 bridgehead atoms. The molecular weight excluding hydrogens is 496 g/mol. The standard InChI is InChI=1S/C27H38F4O2S2/c28-25(34-32)27(30,31)26(29)35-33-24-22(19-12-6-2-7-13-19)16-21(18-10-4-1-5-11-18)17-23(24)20-14-8-3-9-15-20/h16-20,25-26,32H,1-15H2. The quantitative estimate of drug-likeness (QED) is 0.252. The van der Waals surface area contributed by atoms with Gasteiger partial charge in [-0.15, -0.1) is 0 Å². The lowest BCUT2D eigenvalue weighted by Gasteiger charge is -2.32. The highest BCUT2D eigenvalue weighted by molar-refractivity contribution is 7.96. The zero-order chi connectivity index (χ0) is 24.8. The Labute approximate surface area is 215 Å². The fourth-order valence-electron chi connectivity index (χ4n) is 6.23. The minimum atomic E-state index is -4.36. The Hall–Kier alpha value is -0.600. The van der Waals surface area contributed by atoms with Crippen LogP contribution in [0.5, 0.6) is 5.75 Å². The van der Waals surface area contributed by atoms with Crippen molar-refractivity contribution >= 4 is 24.1 Å². The second kappa shape index (κ2) is 12.8. The van der Waals surface area contributed by atoms with Gasteiger partial charge in [0.15, 0.2) is 0 Å². The summed E-state index contributed by atoms with van der Waals surface area (Å²) in [7, 11) is 0. The van der Waals surface area contributed by atoms with Gasteiger partial charge in [-0.2, -0.15) is 8.78 Å². The highest BCUT2D eigenvalue weighted by atomic mass is 32.2. The lowest BCUT2D eigenvalue weighted by atomic mass is 9.75. The van der Waals surface area contributed by atoms with E-state index in [0.29, 0.717) is 11.7 Å². The van der Waals surface area contributed by atoms with Gasteiger partial charge in [0.05, 0.1) is 12.0 Å². The number of benzene rings is 1. The number of hydrogen-bond donors (Lipinski definition) is 1. The van der Waals surface area contributed by atoms with Crippen LogP contribution < -0.4 is 4.18 Å². The van der Waals surface area contributed by atoms with E-state index in [2.05, 4.69) is 12.1 Å². The van der Waals surface area contributed by atoms with E-state index >= 15 is 0 Å². The number of rotatable bonds is 9. The molecule has 3 fully saturated rings. The molecule has 0 heterocycles. The molecule has 0 amide bonds. The van der Waals surface area contributed by atoms with Crippen molar-refractivity contribution in [1.82, 2.24) is 0 Å². The number of alkyl halides is 4. The van der Waals surface area contributed by atoms with Gasteiger partial charge in [0.1, 0.15) is 5.75 Å². The fraction of sp³-hybridized carbons (Fsp3) is 0.778. The Morgan fingerprint density at radius 1 is 0.714 bits per heavy atom. The molecule has 3 saturated carbocycles. The molecule has 1 aromatic rings. The molecular formula is C27H38F4O2S2. The van der Waals surface area contributed by atoms with Gasteiger partial charge in [-0.25, -0.2) is 8.78 Å². The van der Waals surface area contributed by atoms with Gasteiger partial charge in [-0.05, 0) is 73.0 Å². The van der Waals surface area contributed by atoms with Crippen molar-refractivity contribution in [3.05, 3.63) is 28.8 Å². The smallest absolute Gasteiger partial charge is 0.333 e. The summed E-state index contributed by atoms with van der Waals surface area (Å²) in [5, 5.41) is 0. The van der Waals surface area contributed by atoms with Gasteiger partial charge < -0.3 is 8.74 Å². The van der Waals surface area contributed by atoms with Crippen LogP contribution in [-0.2, 0) is 0 Å². The SMILES string of the molecule is OSC(F)C(F)(F)C(F)SOc1c(C2CCCCC2)cc(C2CCCCC2)cc1C1CCCCC1. The maximum atomic E-state index is 14.5. The Morgan fingerprint density at radius 3 is 1.57 bits per heavy atom. The first kappa shape index (κ1) is 27.4. The molecule has 1 N–H and O–H groups in total. The Morgan fingerprint density at radius 2 is 1.14 bits per heavy atom. The van der Waals surface area contributed by atoms with E-state index in [1.807, 2.05) is 0 Å². The zero-order valence-corrected chi connectivity index (χ0v) is 22.0. The summed E-state index contributed by atoms with van der Waals surface area (Å²) in [6, 6.07) is 4.45. The Kier molecular flexibility index (Phi) is 10.0. The van der Waals surface area contributed by atoms with Crippen LogP contribution in [0.1, 0.15) is 131 Å². The van der Waals surface area contributed by atoms with Crippen molar-refractivity contribution < 1.29 is 26.3 Å². The van der Waals surface area contributed by atoms with Gasteiger partial charge in [0.25, 0.3) is 0 Å². The Bertz CT molecular complexity index is 767. The van der Waals surface area contributed by atoms with E-state index in [0.717, 1.165) is 62.5 Å². The fourth-order valence-corrected chi connectivity index (χ4v) is 7.19. The van der Waals surface area contributed by atoms with Crippen LogP contribution in [0.2, 0.25) is 0 Å². The first-order valence-corrected chi connectivity index (χ1v) is 15.0. The monoisotopic (exact) mass is 534 g/mol. The summed E-state index contributed by atoms with van der Waals surface area (Å²) in [5.74, 6) is -2.78. The summed E-state index contributed by atoms with van der Waals surface area (Å²) < 4.78 is 70.9. The molecule has 3 aliphatic rings. The van der Waals surface area contributed by atoms with E-state index in [4.69, 9.17) is 8.74 Å². The van der Waals surface area contributed by atoms with Crippen LogP contribution in [0.25, 0.3) is 0 Å². The average Bonchev–Trinajstić information content (AvgIpc) is 2.92. The molecule has 4 rings (SSSR count). The van der Waals surface area contributed by atoms with E-state index in [9.17, 15) is 17.6 Å². The maximum absolute atomic E-state index is 14.5. The summed E-state index contributed by atoms with van der Waals surface area (Å²) in [6.45, 7) is 0. The van der Waals surface area contributed by atoms with E-state index in [1.165, 1.54) is 50.5 Å². The molecule has 1 aromatic carbocycles. The predicted molar refractivity (Wildman–Crippen MR) is 137 cm³/mol. The van der Waals surface area contributed by atoms with Crippen molar-refractivity contribution in [2.45, 2.75) is 131 Å². The third-order valence-corrected chi connectivity index (χ3v) is 9.49. The molecule has 2 atom stereocenters. The second-order valence-corrected chi connectivity index (χ2v) is 12.0. The van der Waals surface area contributed by atoms with Crippen LogP contribution in [0.15, 0.2) is 12.1 Å². The van der Waals surface area contributed by atoms with Gasteiger partial charge >= 0.3 is 5.92 Å². The molecule has 0 spiro atoms. The summed E-state index contributed by atoms with van der Waals surface area (Å²) >= 11 is -0.678. The molecule has 2 nitrogen and oxygen atoms in total. The van der Waals surface area contributed by atoms with Crippen LogP contribution in [0, 0.1) is 0 Å². The largest absolute Gasteiger partial charge is 0.422 e. The van der Waals surface area contributed by atoms with Crippen LogP contribution in [-0.4, -0.2) is 21.5 Å². The molecule has 198 valence electrons. The normalized spacial score (nSPS) is 23.2. The highest BCUT2D eigenvalue weighted by Gasteiger charge is 2.51. The maximum Gasteiger partial charge on any atom is 0.333 e. The van der Waals surface area contributed by atoms with Crippen LogP contribution in [0.4, 0.5) is 17.6 Å². The topological polar surface area (TPSA) is 29.5 Å². The van der Waals surface area contributed by atoms with E-state index in [1.54, 1.807) is 0 Å². The van der Waals surface area contributed by atoms with E-state index in [-0.39, 0.29) is 23.9 Å². The molecule has 0 aromatic heterocycles. The van der Waals surface area contributed by atoms with Crippen LogP contribution >= 0.6 is 24.1 Å². The first-order valence-electron chi connectivity index (χ1n) is 13.4. The molecule has 3 aliphatic carbocycles. The molecule has 8 heteroatoms. The number of halogens is 4. The van der Waals surface area contributed by atoms with Crippen LogP contribution in [0.3, 0.4) is 0 Å². The molecule has 35 heavy (non-hydrogen) atoms. The average molecular weight is 535 g/mol. The first-order chi connectivity index (χ1) is 16.9. The lowest BCUT2D eigenvalue weighted by molar-refractivity contribution is -0.0711. The third kappa shape index (κ3) is 6.64. The van der Waals surface area contributed by atoms with Crippen molar-refractivity contribution in [3.8, 4) is 5.75 Å². The lowest BCUT2D eigenvalue weighted by Crippen LogP contribution is -2.36. The predicted octanol–water partition coefficient (Wildman–Crippen LogP) is 10.3. The van der Waals surface area contributed by atoms with Crippen molar-refractivity contribution in [3.63, 3.8) is 0 Å². The van der Waals surface area contributed by atoms with Gasteiger partial charge in [0, 0.05) is 12.0 Å². The third-order valence-electron chi connectivity index (χ3n) is 8.25. The van der Waals surface area contributed by atoms with E-state index < -0.39 is 29.0 Å². The highest BCUT2D eigenvalue weighted by Crippen LogP contribution is 2.49. The Balaban J connectivity index is 1.70. The molecule has 2 unspecified atom stereocenters. The summed E-state index contributed by atoms with van der Waals surface area (Å²) in [5.41, 5.74) is -2.58. The summed E-state index contributed by atoms with van der Waals surface area (Å²) in [6.07, 6.45) is 17.0. The molecule has 0 radical (unpaired) electrons. The minimum Gasteiger partial charge on any atom is -0.422 e. The van der Waals surface area contributed by atoms with Gasteiger partial charge in [0.2, 0.25) is 11.0 Å². The van der Waals surface area contributed by atoms with Crippen molar-refractivity contribution in [1.29, 1.82) is 0 Å². The minimum absolute atomic E-state index is 0.00320. The molecule has 0 saturated heterocycles. The zero-order valence-electron chi connectivity index (χ0n) is 20.3. The second-order valence-electron chi connectivity index (χ2n) is 10.6.